The number of nitrogen functional groups attached to an aromatic ring is 1. The van der Waals surface area contributed by atoms with Crippen LogP contribution in [0, 0.1) is 24.2 Å². The Kier molecular flexibility index (Phi) is 5.55. The Morgan fingerprint density at radius 1 is 1.21 bits per heavy atom. The number of nitrogens with two attached hydrogens (primary N) is 1. The Bertz CT molecular complexity index is 1530. The fraction of sp³-hybridized carbons (Fsp3) is 0.217. The molecule has 1 saturated carbocycles. The molecule has 0 unspecified atom stereocenters. The van der Waals surface area contributed by atoms with Crippen LogP contribution in [0.3, 0.4) is 0 Å². The third-order valence-corrected chi connectivity index (χ3v) is 6.30. The Hall–Kier alpha value is -3.74. The van der Waals surface area contributed by atoms with E-state index < -0.39 is 6.04 Å². The molecule has 0 aliphatic heterocycles. The van der Waals surface area contributed by atoms with Gasteiger partial charge in [-0.3, -0.25) is 14.3 Å². The van der Waals surface area contributed by atoms with Crippen LogP contribution >= 0.6 is 23.2 Å². The topological polar surface area (TPSA) is 135 Å². The van der Waals surface area contributed by atoms with E-state index in [1.54, 1.807) is 43.6 Å². The van der Waals surface area contributed by atoms with Gasteiger partial charge in [-0.05, 0) is 49.9 Å². The lowest BCUT2D eigenvalue weighted by Gasteiger charge is -2.24. The molecule has 0 amide bonds. The molecular weight excluding hydrogens is 475 g/mol. The molecule has 34 heavy (non-hydrogen) atoms. The maximum Gasteiger partial charge on any atom is 0.267 e. The molecule has 0 saturated heterocycles. The van der Waals surface area contributed by atoms with Crippen LogP contribution in [0.1, 0.15) is 36.1 Å². The number of benzene rings is 1. The van der Waals surface area contributed by atoms with E-state index in [0.717, 1.165) is 12.8 Å². The fourth-order valence-electron chi connectivity index (χ4n) is 3.96. The third kappa shape index (κ3) is 3.81. The normalized spacial score (nSPS) is 14.1. The molecule has 11 heteroatoms. The highest BCUT2D eigenvalue weighted by molar-refractivity contribution is 6.39. The second-order valence-electron chi connectivity index (χ2n) is 8.03. The van der Waals surface area contributed by atoms with E-state index in [1.807, 2.05) is 0 Å². The van der Waals surface area contributed by atoms with E-state index in [4.69, 9.17) is 33.9 Å². The highest BCUT2D eigenvalue weighted by Gasteiger charge is 2.37. The maximum absolute atomic E-state index is 13.8. The summed E-state index contributed by atoms with van der Waals surface area (Å²) in [5, 5.41) is 13.8. The highest BCUT2D eigenvalue weighted by Crippen LogP contribution is 2.43. The quantitative estimate of drug-likeness (QED) is 0.422. The van der Waals surface area contributed by atoms with Gasteiger partial charge in [0.1, 0.15) is 29.1 Å². The van der Waals surface area contributed by atoms with Crippen molar-refractivity contribution >= 4 is 45.7 Å². The molecule has 1 aromatic carbocycles. The monoisotopic (exact) mass is 492 g/mol. The van der Waals surface area contributed by atoms with Crippen molar-refractivity contribution in [3.8, 4) is 11.8 Å². The summed E-state index contributed by atoms with van der Waals surface area (Å²) in [7, 11) is 0. The summed E-state index contributed by atoms with van der Waals surface area (Å²) < 4.78 is 1.48. The lowest BCUT2D eigenvalue weighted by atomic mass is 10.1. The molecule has 0 bridgehead atoms. The van der Waals surface area contributed by atoms with Gasteiger partial charge in [-0.25, -0.2) is 15.0 Å². The fourth-order valence-corrected chi connectivity index (χ4v) is 4.39. The molecule has 1 aliphatic rings. The molecule has 1 aliphatic carbocycles. The number of anilines is 2. The molecule has 1 atom stereocenters. The van der Waals surface area contributed by atoms with Crippen LogP contribution in [-0.4, -0.2) is 24.5 Å². The number of nitriles is 1. The minimum absolute atomic E-state index is 0.0815. The number of aryl methyl sites for hydroxylation is 1. The van der Waals surface area contributed by atoms with Crippen molar-refractivity contribution in [1.29, 1.82) is 5.26 Å². The van der Waals surface area contributed by atoms with Gasteiger partial charge in [0, 0.05) is 6.20 Å². The van der Waals surface area contributed by atoms with Crippen molar-refractivity contribution in [2.45, 2.75) is 25.8 Å². The number of aromatic nitrogens is 5. The number of nitrogens with one attached hydrogen (secondary N) is 1. The van der Waals surface area contributed by atoms with E-state index in [9.17, 15) is 10.1 Å². The lowest BCUT2D eigenvalue weighted by molar-refractivity contribution is 0.608. The highest BCUT2D eigenvalue weighted by atomic mass is 35.5. The van der Waals surface area contributed by atoms with Gasteiger partial charge in [-0.1, -0.05) is 23.2 Å². The summed E-state index contributed by atoms with van der Waals surface area (Å²) >= 11 is 12.8. The Morgan fingerprint density at radius 2 is 1.97 bits per heavy atom. The van der Waals surface area contributed by atoms with E-state index >= 15 is 0 Å². The number of fused-ring (bicyclic) bond motifs is 1. The number of pyridine rings is 1. The van der Waals surface area contributed by atoms with Crippen molar-refractivity contribution in [3.63, 3.8) is 0 Å². The Balaban J connectivity index is 1.79. The van der Waals surface area contributed by atoms with E-state index in [-0.39, 0.29) is 39.1 Å². The average Bonchev–Trinajstić information content (AvgIpc) is 3.65. The summed E-state index contributed by atoms with van der Waals surface area (Å²) in [4.78, 5) is 31.3. The SMILES string of the molecule is Cc1nc(N)c(C#N)c(N[C@H](c2nc3c(Cl)ccc(Cl)c3c(=O)n2-c2cccnc2)C2CC2)n1. The standard InChI is InChI=1S/C23H18Cl2N8O/c1-11-29-20(27)14(9-26)21(30-11)31-18(12-4-5-12)22-32-19-16(25)7-6-15(24)17(19)23(34)33(22)13-3-2-8-28-10-13/h2-3,6-8,10,12,18H,4-5H2,1H3,(H3,27,29,30,31)/t18-/m0/s1. The smallest absolute Gasteiger partial charge is 0.267 e. The van der Waals surface area contributed by atoms with Gasteiger partial charge in [0.2, 0.25) is 0 Å². The number of hydrogen-bond acceptors (Lipinski definition) is 8. The predicted molar refractivity (Wildman–Crippen MR) is 130 cm³/mol. The minimum Gasteiger partial charge on any atom is -0.382 e. The number of rotatable bonds is 5. The molecule has 0 spiro atoms. The molecule has 170 valence electrons. The number of hydrogen-bond donors (Lipinski definition) is 2. The molecule has 9 nitrogen and oxygen atoms in total. The molecular formula is C23H18Cl2N8O. The molecule has 1 fully saturated rings. The van der Waals surface area contributed by atoms with Crippen LogP contribution < -0.4 is 16.6 Å². The van der Waals surface area contributed by atoms with Gasteiger partial charge in [0.05, 0.1) is 38.9 Å². The van der Waals surface area contributed by atoms with Crippen LogP contribution in [0.15, 0.2) is 41.5 Å². The van der Waals surface area contributed by atoms with Crippen molar-refractivity contribution in [2.24, 2.45) is 5.92 Å². The average molecular weight is 493 g/mol. The molecule has 4 aromatic rings. The number of nitrogens with zero attached hydrogens (tertiary/aromatic N) is 6. The third-order valence-electron chi connectivity index (χ3n) is 5.68. The number of halogens is 2. The molecule has 3 N–H and O–H groups in total. The first kappa shape index (κ1) is 22.1. The van der Waals surface area contributed by atoms with Crippen LogP contribution in [0.4, 0.5) is 11.6 Å². The van der Waals surface area contributed by atoms with Crippen LogP contribution in [-0.2, 0) is 0 Å². The van der Waals surface area contributed by atoms with Gasteiger partial charge in [0.25, 0.3) is 5.56 Å². The zero-order chi connectivity index (χ0) is 24.0. The van der Waals surface area contributed by atoms with Crippen molar-refractivity contribution < 1.29 is 0 Å². The summed E-state index contributed by atoms with van der Waals surface area (Å²) in [6, 6.07) is 8.28. The van der Waals surface area contributed by atoms with Crippen LogP contribution in [0.5, 0.6) is 0 Å². The second-order valence-corrected chi connectivity index (χ2v) is 8.84. The first-order valence-electron chi connectivity index (χ1n) is 10.5. The summed E-state index contributed by atoms with van der Waals surface area (Å²) in [5.41, 5.74) is 6.57. The summed E-state index contributed by atoms with van der Waals surface area (Å²) in [5.74, 6) is 1.34. The van der Waals surface area contributed by atoms with Crippen LogP contribution in [0.2, 0.25) is 10.0 Å². The van der Waals surface area contributed by atoms with Crippen molar-refractivity contribution in [3.05, 3.63) is 74.3 Å². The van der Waals surface area contributed by atoms with E-state index in [0.29, 0.717) is 27.9 Å². The van der Waals surface area contributed by atoms with Gasteiger partial charge >= 0.3 is 0 Å². The molecule has 5 rings (SSSR count). The van der Waals surface area contributed by atoms with Gasteiger partial charge < -0.3 is 11.1 Å². The zero-order valence-electron chi connectivity index (χ0n) is 18.0. The van der Waals surface area contributed by atoms with Crippen molar-refractivity contribution in [1.82, 2.24) is 24.5 Å². The summed E-state index contributed by atoms with van der Waals surface area (Å²) in [6.45, 7) is 1.69. The van der Waals surface area contributed by atoms with Gasteiger partial charge in [-0.2, -0.15) is 5.26 Å². The predicted octanol–water partition coefficient (Wildman–Crippen LogP) is 4.20. The summed E-state index contributed by atoms with van der Waals surface area (Å²) in [6.07, 6.45) is 5.01. The maximum atomic E-state index is 13.8. The lowest BCUT2D eigenvalue weighted by Crippen LogP contribution is -2.30. The molecule has 3 aromatic heterocycles. The largest absolute Gasteiger partial charge is 0.382 e. The minimum atomic E-state index is -0.465. The first-order chi connectivity index (χ1) is 16.4. The first-order valence-corrected chi connectivity index (χ1v) is 11.3. The van der Waals surface area contributed by atoms with E-state index in [1.165, 1.54) is 4.57 Å². The van der Waals surface area contributed by atoms with E-state index in [2.05, 4.69) is 26.3 Å². The van der Waals surface area contributed by atoms with Crippen molar-refractivity contribution in [2.75, 3.05) is 11.1 Å². The second kappa shape index (κ2) is 8.56. The molecule has 3 heterocycles. The Labute approximate surface area is 204 Å². The van der Waals surface area contributed by atoms with Gasteiger partial charge in [0.15, 0.2) is 5.82 Å². The Morgan fingerprint density at radius 3 is 2.65 bits per heavy atom. The van der Waals surface area contributed by atoms with Crippen LogP contribution in [0.25, 0.3) is 16.6 Å². The molecule has 0 radical (unpaired) electrons. The van der Waals surface area contributed by atoms with Gasteiger partial charge in [-0.15, -0.1) is 0 Å². The zero-order valence-corrected chi connectivity index (χ0v) is 19.5.